The zero-order valence-corrected chi connectivity index (χ0v) is 12.7. The number of anilines is 1. The van der Waals surface area contributed by atoms with E-state index in [9.17, 15) is 17.2 Å². The van der Waals surface area contributed by atoms with E-state index >= 15 is 0 Å². The van der Waals surface area contributed by atoms with Crippen LogP contribution in [0.1, 0.15) is 5.56 Å². The van der Waals surface area contributed by atoms with Crippen molar-refractivity contribution in [3.05, 3.63) is 63.6 Å². The number of nitrogens with one attached hydrogen (secondary N) is 1. The number of hydrogen-bond donors (Lipinski definition) is 1. The first-order valence-corrected chi connectivity index (χ1v) is 8.07. The van der Waals surface area contributed by atoms with E-state index in [-0.39, 0.29) is 15.7 Å². The number of halogens is 4. The average molecular weight is 352 g/mol. The topological polar surface area (TPSA) is 46.2 Å². The lowest BCUT2D eigenvalue weighted by Crippen LogP contribution is -2.15. The van der Waals surface area contributed by atoms with Gasteiger partial charge >= 0.3 is 0 Å². The lowest BCUT2D eigenvalue weighted by atomic mass is 10.2. The summed E-state index contributed by atoms with van der Waals surface area (Å²) in [4.78, 5) is 0. The molecule has 0 atom stereocenters. The van der Waals surface area contributed by atoms with Crippen LogP contribution in [0.4, 0.5) is 14.5 Å². The van der Waals surface area contributed by atoms with Gasteiger partial charge in [0.2, 0.25) is 10.0 Å². The van der Waals surface area contributed by atoms with Crippen molar-refractivity contribution in [1.29, 1.82) is 0 Å². The summed E-state index contributed by atoms with van der Waals surface area (Å²) in [5, 5.41) is -0.301. The quantitative estimate of drug-likeness (QED) is 0.896. The van der Waals surface area contributed by atoms with Crippen LogP contribution in [0.2, 0.25) is 10.0 Å². The molecule has 2 rings (SSSR count). The zero-order chi connectivity index (χ0) is 15.6. The monoisotopic (exact) mass is 351 g/mol. The molecule has 0 saturated heterocycles. The Labute approximate surface area is 130 Å². The molecule has 2 aromatic rings. The highest BCUT2D eigenvalue weighted by Gasteiger charge is 2.17. The van der Waals surface area contributed by atoms with Gasteiger partial charge in [0.1, 0.15) is 11.6 Å². The summed E-state index contributed by atoms with van der Waals surface area (Å²) >= 11 is 11.5. The molecule has 2 aromatic carbocycles. The average Bonchev–Trinajstić information content (AvgIpc) is 2.36. The molecule has 1 N–H and O–H groups in total. The Morgan fingerprint density at radius 1 is 0.952 bits per heavy atom. The fourth-order valence-electron chi connectivity index (χ4n) is 1.63. The molecule has 112 valence electrons. The Bertz CT molecular complexity index is 741. The molecule has 0 aliphatic heterocycles. The minimum absolute atomic E-state index is 0.0955. The molecule has 0 fully saturated rings. The van der Waals surface area contributed by atoms with Crippen LogP contribution < -0.4 is 4.72 Å². The van der Waals surface area contributed by atoms with Crippen LogP contribution >= 0.6 is 23.2 Å². The molecule has 0 heterocycles. The van der Waals surface area contributed by atoms with Crippen LogP contribution in [-0.4, -0.2) is 8.42 Å². The van der Waals surface area contributed by atoms with Crippen molar-refractivity contribution in [3.8, 4) is 0 Å². The van der Waals surface area contributed by atoms with Crippen LogP contribution in [0.25, 0.3) is 0 Å². The maximum atomic E-state index is 13.0. The van der Waals surface area contributed by atoms with Crippen molar-refractivity contribution in [2.45, 2.75) is 5.75 Å². The minimum Gasteiger partial charge on any atom is -0.280 e. The van der Waals surface area contributed by atoms with E-state index in [1.807, 2.05) is 0 Å². The standard InChI is InChI=1S/C13H9Cl2F2NO2S/c14-11-5-10(17)6-12(15)13(11)18-21(19,20)7-8-1-3-9(16)4-2-8/h1-6,18H,7H2. The Morgan fingerprint density at radius 3 is 2.00 bits per heavy atom. The second-order valence-corrected chi connectivity index (χ2v) is 6.77. The molecule has 0 amide bonds. The van der Waals surface area contributed by atoms with Gasteiger partial charge in [-0.1, -0.05) is 35.3 Å². The molecule has 0 aliphatic rings. The fraction of sp³-hybridized carbons (Fsp3) is 0.0769. The first-order chi connectivity index (χ1) is 9.77. The van der Waals surface area contributed by atoms with Crippen molar-refractivity contribution in [1.82, 2.24) is 0 Å². The van der Waals surface area contributed by atoms with E-state index in [1.54, 1.807) is 0 Å². The minimum atomic E-state index is -3.82. The SMILES string of the molecule is O=S(=O)(Cc1ccc(F)cc1)Nc1c(Cl)cc(F)cc1Cl. The van der Waals surface area contributed by atoms with Gasteiger partial charge in [0.15, 0.2) is 0 Å². The number of hydrogen-bond acceptors (Lipinski definition) is 2. The van der Waals surface area contributed by atoms with Crippen LogP contribution in [-0.2, 0) is 15.8 Å². The van der Waals surface area contributed by atoms with Crippen LogP contribution in [0.15, 0.2) is 36.4 Å². The van der Waals surface area contributed by atoms with Crippen molar-refractivity contribution in [2.24, 2.45) is 0 Å². The summed E-state index contributed by atoms with van der Waals surface area (Å²) in [6.45, 7) is 0. The lowest BCUT2D eigenvalue weighted by Gasteiger charge is -2.11. The predicted molar refractivity (Wildman–Crippen MR) is 79.1 cm³/mol. The highest BCUT2D eigenvalue weighted by Crippen LogP contribution is 2.32. The first-order valence-electron chi connectivity index (χ1n) is 5.66. The molecule has 0 spiro atoms. The second-order valence-electron chi connectivity index (χ2n) is 4.23. The lowest BCUT2D eigenvalue weighted by molar-refractivity contribution is 0.599. The van der Waals surface area contributed by atoms with Gasteiger partial charge in [0, 0.05) is 0 Å². The van der Waals surface area contributed by atoms with E-state index in [2.05, 4.69) is 4.72 Å². The molecule has 0 aromatic heterocycles. The van der Waals surface area contributed by atoms with Crippen LogP contribution in [0.3, 0.4) is 0 Å². The van der Waals surface area contributed by atoms with Crippen molar-refractivity contribution in [3.63, 3.8) is 0 Å². The molecule has 3 nitrogen and oxygen atoms in total. The van der Waals surface area contributed by atoms with Crippen LogP contribution in [0.5, 0.6) is 0 Å². The summed E-state index contributed by atoms with van der Waals surface area (Å²) in [6.07, 6.45) is 0. The molecule has 0 saturated carbocycles. The summed E-state index contributed by atoms with van der Waals surface area (Å²) in [5.41, 5.74) is 0.292. The highest BCUT2D eigenvalue weighted by atomic mass is 35.5. The van der Waals surface area contributed by atoms with Crippen molar-refractivity contribution >= 4 is 38.9 Å². The van der Waals surface area contributed by atoms with Gasteiger partial charge in [0.05, 0.1) is 21.5 Å². The molecule has 0 unspecified atom stereocenters. The van der Waals surface area contributed by atoms with Gasteiger partial charge in [-0.15, -0.1) is 0 Å². The van der Waals surface area contributed by atoms with Gasteiger partial charge in [0.25, 0.3) is 0 Å². The highest BCUT2D eigenvalue weighted by molar-refractivity contribution is 7.91. The summed E-state index contributed by atoms with van der Waals surface area (Å²) in [5.74, 6) is -1.53. The van der Waals surface area contributed by atoms with Crippen molar-refractivity contribution in [2.75, 3.05) is 4.72 Å². The van der Waals surface area contributed by atoms with Crippen molar-refractivity contribution < 1.29 is 17.2 Å². The second kappa shape index (κ2) is 6.17. The van der Waals surface area contributed by atoms with Gasteiger partial charge < -0.3 is 0 Å². The first kappa shape index (κ1) is 16.0. The van der Waals surface area contributed by atoms with E-state index in [0.29, 0.717) is 5.56 Å². The Hall–Kier alpha value is -1.37. The Morgan fingerprint density at radius 2 is 1.48 bits per heavy atom. The number of sulfonamides is 1. The Balaban J connectivity index is 2.24. The summed E-state index contributed by atoms with van der Waals surface area (Å²) in [7, 11) is -3.82. The molecule has 21 heavy (non-hydrogen) atoms. The third-order valence-electron chi connectivity index (χ3n) is 2.53. The summed E-state index contributed by atoms with van der Waals surface area (Å²) < 4.78 is 52.1. The predicted octanol–water partition coefficient (Wildman–Crippen LogP) is 4.21. The molecular weight excluding hydrogens is 343 g/mol. The van der Waals surface area contributed by atoms with Gasteiger partial charge in [-0.05, 0) is 29.8 Å². The maximum Gasteiger partial charge on any atom is 0.237 e. The van der Waals surface area contributed by atoms with E-state index < -0.39 is 27.4 Å². The van der Waals surface area contributed by atoms with E-state index in [1.165, 1.54) is 12.1 Å². The number of rotatable bonds is 4. The molecular formula is C13H9Cl2F2NO2S. The van der Waals surface area contributed by atoms with Gasteiger partial charge in [-0.25, -0.2) is 17.2 Å². The fourth-order valence-corrected chi connectivity index (χ4v) is 3.53. The molecule has 8 heteroatoms. The normalized spacial score (nSPS) is 11.4. The molecule has 0 aliphatic carbocycles. The zero-order valence-electron chi connectivity index (χ0n) is 10.4. The number of benzene rings is 2. The van der Waals surface area contributed by atoms with Gasteiger partial charge in [-0.3, -0.25) is 4.72 Å². The molecule has 0 radical (unpaired) electrons. The third kappa shape index (κ3) is 4.30. The summed E-state index contributed by atoms with van der Waals surface area (Å²) in [6, 6.07) is 6.91. The third-order valence-corrected chi connectivity index (χ3v) is 4.36. The van der Waals surface area contributed by atoms with Gasteiger partial charge in [-0.2, -0.15) is 0 Å². The Kier molecular flexibility index (Phi) is 4.70. The maximum absolute atomic E-state index is 13.0. The van der Waals surface area contributed by atoms with E-state index in [4.69, 9.17) is 23.2 Å². The largest absolute Gasteiger partial charge is 0.280 e. The smallest absolute Gasteiger partial charge is 0.237 e. The van der Waals surface area contributed by atoms with Crippen LogP contribution in [0, 0.1) is 11.6 Å². The van der Waals surface area contributed by atoms with E-state index in [0.717, 1.165) is 24.3 Å². The molecule has 0 bridgehead atoms.